The molecule has 3 aromatic rings. The Bertz CT molecular complexity index is 1360. The Labute approximate surface area is 223 Å². The number of nitrogens with two attached hydrogens (primary N) is 2. The van der Waals surface area contributed by atoms with E-state index >= 15 is 0 Å². The number of nitrogens with one attached hydrogen (secondary N) is 2. The number of nitrogens with zero attached hydrogens (tertiary/aromatic N) is 1. The minimum atomic E-state index is -4.81. The lowest BCUT2D eigenvalue weighted by Gasteiger charge is -2.17. The summed E-state index contributed by atoms with van der Waals surface area (Å²) in [5, 5.41) is 3.65. The van der Waals surface area contributed by atoms with E-state index < -0.39 is 29.9 Å². The number of rotatable bonds is 11. The lowest BCUT2D eigenvalue weighted by Crippen LogP contribution is -2.29. The van der Waals surface area contributed by atoms with Crippen LogP contribution in [-0.2, 0) is 12.6 Å². The molecule has 6 N–H and O–H groups in total. The summed E-state index contributed by atoms with van der Waals surface area (Å²) in [6, 6.07) is 8.25. The lowest BCUT2D eigenvalue weighted by molar-refractivity contribution is -0.137. The number of hydrazine groups is 1. The molecule has 7 nitrogen and oxygen atoms in total. The molecule has 0 aliphatic rings. The molecule has 14 heteroatoms. The summed E-state index contributed by atoms with van der Waals surface area (Å²) in [5.74, 6) is 4.85. The summed E-state index contributed by atoms with van der Waals surface area (Å²) >= 11 is 1.36. The summed E-state index contributed by atoms with van der Waals surface area (Å²) < 4.78 is 84.4. The summed E-state index contributed by atoms with van der Waals surface area (Å²) in [7, 11) is 0. The molecule has 39 heavy (non-hydrogen) atoms. The maximum atomic E-state index is 14.1. The highest BCUT2D eigenvalue weighted by molar-refractivity contribution is 7.15. The Morgan fingerprint density at radius 1 is 1.05 bits per heavy atom. The van der Waals surface area contributed by atoms with Crippen molar-refractivity contribution in [2.75, 3.05) is 6.61 Å². The van der Waals surface area contributed by atoms with Crippen molar-refractivity contribution in [3.63, 3.8) is 0 Å². The zero-order chi connectivity index (χ0) is 28.8. The molecule has 0 fully saturated rings. The first-order valence-electron chi connectivity index (χ1n) is 11.9. The quantitative estimate of drug-likeness (QED) is 0.0564. The van der Waals surface area contributed by atoms with E-state index in [1.54, 1.807) is 6.07 Å². The van der Waals surface area contributed by atoms with Crippen LogP contribution in [0.25, 0.3) is 21.7 Å². The maximum absolute atomic E-state index is 14.1. The fraction of sp³-hybridized carbons (Fsp3) is 0.360. The number of pyridine rings is 1. The monoisotopic (exact) mass is 575 g/mol. The highest BCUT2D eigenvalue weighted by Crippen LogP contribution is 2.40. The number of hydrazone groups is 1. The van der Waals surface area contributed by atoms with Gasteiger partial charge >= 0.3 is 12.4 Å². The first-order chi connectivity index (χ1) is 18.3. The van der Waals surface area contributed by atoms with Crippen LogP contribution in [0.5, 0.6) is 5.75 Å². The van der Waals surface area contributed by atoms with E-state index in [-0.39, 0.29) is 59.8 Å². The van der Waals surface area contributed by atoms with E-state index in [1.807, 2.05) is 18.5 Å². The van der Waals surface area contributed by atoms with Gasteiger partial charge in [-0.3, -0.25) is 4.79 Å². The zero-order valence-corrected chi connectivity index (χ0v) is 21.6. The molecule has 0 saturated carbocycles. The van der Waals surface area contributed by atoms with Crippen molar-refractivity contribution < 1.29 is 31.1 Å². The van der Waals surface area contributed by atoms with Gasteiger partial charge in [0, 0.05) is 33.0 Å². The van der Waals surface area contributed by atoms with E-state index in [4.69, 9.17) is 16.3 Å². The van der Waals surface area contributed by atoms with E-state index in [1.165, 1.54) is 29.5 Å². The van der Waals surface area contributed by atoms with Gasteiger partial charge in [-0.2, -0.15) is 26.3 Å². The second-order valence-electron chi connectivity index (χ2n) is 8.53. The predicted molar refractivity (Wildman–Crippen MR) is 138 cm³/mol. The SMILES string of the molecule is CCc1ccc(-c2cc(-c3ccc(OCCCCCC(F)(F)F)cc3C(F)(F)F)[nH]c(=O)c2/C(N)=N/NN)s1. The average molecular weight is 576 g/mol. The number of aromatic nitrogens is 1. The maximum Gasteiger partial charge on any atom is 0.417 e. The number of thiophene rings is 1. The van der Waals surface area contributed by atoms with Crippen LogP contribution in [-0.4, -0.2) is 23.6 Å². The third-order valence-corrected chi connectivity index (χ3v) is 6.97. The van der Waals surface area contributed by atoms with Crippen molar-refractivity contribution in [3.8, 4) is 27.4 Å². The van der Waals surface area contributed by atoms with Crippen LogP contribution in [0.3, 0.4) is 0 Å². The largest absolute Gasteiger partial charge is 0.494 e. The lowest BCUT2D eigenvalue weighted by atomic mass is 9.99. The molecule has 0 amide bonds. The highest BCUT2D eigenvalue weighted by atomic mass is 32.1. The van der Waals surface area contributed by atoms with Crippen LogP contribution < -0.4 is 27.4 Å². The third-order valence-electron chi connectivity index (χ3n) is 5.71. The molecule has 0 aliphatic heterocycles. The number of unbranched alkanes of at least 4 members (excludes halogenated alkanes) is 2. The van der Waals surface area contributed by atoms with Crippen molar-refractivity contribution >= 4 is 17.2 Å². The molecule has 0 spiro atoms. The van der Waals surface area contributed by atoms with E-state index in [0.717, 1.165) is 10.9 Å². The highest BCUT2D eigenvalue weighted by Gasteiger charge is 2.35. The molecule has 0 radical (unpaired) electrons. The van der Waals surface area contributed by atoms with Gasteiger partial charge in [0.1, 0.15) is 5.75 Å². The Balaban J connectivity index is 1.98. The molecule has 3 rings (SSSR count). The normalized spacial score (nSPS) is 12.6. The molecule has 0 bridgehead atoms. The number of H-pyrrole nitrogens is 1. The summed E-state index contributed by atoms with van der Waals surface area (Å²) in [4.78, 5) is 17.1. The van der Waals surface area contributed by atoms with Crippen molar-refractivity contribution in [1.82, 2.24) is 10.5 Å². The number of hydrogen-bond donors (Lipinski definition) is 4. The van der Waals surface area contributed by atoms with Gasteiger partial charge in [0.2, 0.25) is 0 Å². The second-order valence-corrected chi connectivity index (χ2v) is 9.69. The van der Waals surface area contributed by atoms with Crippen LogP contribution in [0.2, 0.25) is 0 Å². The Morgan fingerprint density at radius 2 is 1.79 bits per heavy atom. The number of alkyl halides is 6. The number of aromatic amines is 1. The van der Waals surface area contributed by atoms with Gasteiger partial charge in [-0.15, -0.1) is 16.4 Å². The molecule has 0 saturated heterocycles. The molecular weight excluding hydrogens is 548 g/mol. The zero-order valence-electron chi connectivity index (χ0n) is 20.8. The molecule has 0 aliphatic carbocycles. The molecule has 2 aromatic heterocycles. The molecular formula is C25H27F6N5O2S. The second kappa shape index (κ2) is 12.6. The van der Waals surface area contributed by atoms with Crippen LogP contribution in [0, 0.1) is 0 Å². The van der Waals surface area contributed by atoms with Crippen LogP contribution >= 0.6 is 11.3 Å². The first-order valence-corrected chi connectivity index (χ1v) is 12.7. The minimum absolute atomic E-state index is 0.0455. The molecule has 2 heterocycles. The smallest absolute Gasteiger partial charge is 0.417 e. The van der Waals surface area contributed by atoms with Gasteiger partial charge < -0.3 is 15.5 Å². The number of benzene rings is 1. The first kappa shape index (κ1) is 30.0. The molecule has 0 atom stereocenters. The van der Waals surface area contributed by atoms with Crippen LogP contribution in [0.1, 0.15) is 48.6 Å². The molecule has 0 unspecified atom stereocenters. The van der Waals surface area contributed by atoms with Gasteiger partial charge in [-0.25, -0.2) is 11.4 Å². The summed E-state index contributed by atoms with van der Waals surface area (Å²) in [5.41, 5.74) is 5.93. The van der Waals surface area contributed by atoms with Crippen LogP contribution in [0.4, 0.5) is 26.3 Å². The Morgan fingerprint density at radius 3 is 2.41 bits per heavy atom. The number of amidine groups is 1. The fourth-order valence-corrected chi connectivity index (χ4v) is 4.84. The number of hydrogen-bond acceptors (Lipinski definition) is 6. The average Bonchev–Trinajstić information content (AvgIpc) is 3.34. The van der Waals surface area contributed by atoms with Gasteiger partial charge in [-0.05, 0) is 62.1 Å². The van der Waals surface area contributed by atoms with Gasteiger partial charge in [0.15, 0.2) is 5.84 Å². The summed E-state index contributed by atoms with van der Waals surface area (Å²) in [6.45, 7) is 1.89. The van der Waals surface area contributed by atoms with E-state index in [2.05, 4.69) is 10.1 Å². The summed E-state index contributed by atoms with van der Waals surface area (Å²) in [6.07, 6.45) is -8.90. The van der Waals surface area contributed by atoms with E-state index in [9.17, 15) is 31.1 Å². The van der Waals surface area contributed by atoms with Crippen molar-refractivity contribution in [2.45, 2.75) is 51.4 Å². The standard InChI is InChI=1S/C25H27F6N5O2S/c1-2-15-7-9-20(39-15)17-13-19(34-23(37)21(17)22(32)35-36-33)16-8-6-14(12-18(16)25(29,30)31)38-11-5-3-4-10-24(26,27)28/h6-9,12-13,36H,2-5,10-11,33H2,1H3,(H2,32,35)(H,34,37). The third kappa shape index (κ3) is 7.99. The Kier molecular flexibility index (Phi) is 9.67. The topological polar surface area (TPSA) is 119 Å². The molecule has 1 aromatic carbocycles. The van der Waals surface area contributed by atoms with Gasteiger partial charge in [0.05, 0.1) is 17.7 Å². The number of ether oxygens (including phenoxy) is 1. The number of aryl methyl sites for hydroxylation is 1. The van der Waals surface area contributed by atoms with Crippen molar-refractivity contribution in [1.29, 1.82) is 0 Å². The van der Waals surface area contributed by atoms with Gasteiger partial charge in [0.25, 0.3) is 5.56 Å². The van der Waals surface area contributed by atoms with E-state index in [0.29, 0.717) is 11.3 Å². The van der Waals surface area contributed by atoms with Crippen molar-refractivity contribution in [3.05, 3.63) is 62.8 Å². The predicted octanol–water partition coefficient (Wildman–Crippen LogP) is 5.94. The number of halogens is 6. The fourth-order valence-electron chi connectivity index (χ4n) is 3.87. The molecule has 212 valence electrons. The van der Waals surface area contributed by atoms with Crippen LogP contribution in [0.15, 0.2) is 46.3 Å². The van der Waals surface area contributed by atoms with Crippen molar-refractivity contribution in [2.24, 2.45) is 16.7 Å². The Hall–Kier alpha value is -3.52. The van der Waals surface area contributed by atoms with Gasteiger partial charge in [-0.1, -0.05) is 6.92 Å². The minimum Gasteiger partial charge on any atom is -0.494 e.